The van der Waals surface area contributed by atoms with Crippen molar-refractivity contribution in [3.05, 3.63) is 29.8 Å². The Bertz CT molecular complexity index is 537. The third kappa shape index (κ3) is 3.71. The molecule has 0 radical (unpaired) electrons. The van der Waals surface area contributed by atoms with Crippen molar-refractivity contribution in [1.29, 1.82) is 0 Å². The predicted molar refractivity (Wildman–Crippen MR) is 81.4 cm³/mol. The summed E-state index contributed by atoms with van der Waals surface area (Å²) in [6.45, 7) is 3.03. The fraction of sp³-hybridized carbons (Fsp3) is 0.571. The zero-order valence-corrected chi connectivity index (χ0v) is 12.7. The molecule has 1 aromatic carbocycles. The van der Waals surface area contributed by atoms with Crippen molar-refractivity contribution in [2.45, 2.75) is 38.6 Å². The van der Waals surface area contributed by atoms with Gasteiger partial charge in [0.05, 0.1) is 0 Å². The Labute approximate surface area is 121 Å². The largest absolute Gasteiger partial charge is 0.398 e. The summed E-state index contributed by atoms with van der Waals surface area (Å²) in [5, 5.41) is 0. The maximum atomic E-state index is 12.4. The fourth-order valence-electron chi connectivity index (χ4n) is 2.55. The molecule has 0 spiro atoms. The first-order chi connectivity index (χ1) is 9.50. The van der Waals surface area contributed by atoms with Crippen LogP contribution in [0.2, 0.25) is 0 Å². The lowest BCUT2D eigenvalue weighted by Crippen LogP contribution is -2.42. The van der Waals surface area contributed by atoms with Gasteiger partial charge in [0, 0.05) is 24.8 Å². The summed E-state index contributed by atoms with van der Waals surface area (Å²) in [7, 11) is -3.44. The minimum Gasteiger partial charge on any atom is -0.398 e. The molecule has 1 saturated heterocycles. The maximum absolute atomic E-state index is 12.4. The molecule has 2 rings (SSSR count). The molecule has 6 heteroatoms. The minimum atomic E-state index is -3.44. The second-order valence-corrected chi connectivity index (χ2v) is 6.99. The van der Waals surface area contributed by atoms with Crippen LogP contribution in [-0.2, 0) is 10.2 Å². The van der Waals surface area contributed by atoms with Crippen LogP contribution < -0.4 is 10.5 Å². The number of hydrogen-bond acceptors (Lipinski definition) is 3. The number of nitrogens with two attached hydrogens (primary N) is 1. The molecule has 0 aromatic heterocycles. The maximum Gasteiger partial charge on any atom is 0.279 e. The standard InChI is InChI=1S/C14H23N3O2S/c1-12(13-8-4-5-9-14(13)15)16-20(18,19)17-10-6-2-3-7-11-17/h4-5,8-9,12,16H,2-3,6-7,10-11,15H2,1H3. The molecule has 0 amide bonds. The number of nitrogens with one attached hydrogen (secondary N) is 1. The van der Waals surface area contributed by atoms with E-state index in [1.165, 1.54) is 0 Å². The van der Waals surface area contributed by atoms with Crippen molar-refractivity contribution in [3.8, 4) is 0 Å². The molecule has 1 fully saturated rings. The summed E-state index contributed by atoms with van der Waals surface area (Å²) >= 11 is 0. The molecule has 5 nitrogen and oxygen atoms in total. The quantitative estimate of drug-likeness (QED) is 0.835. The van der Waals surface area contributed by atoms with Gasteiger partial charge in [0.15, 0.2) is 0 Å². The lowest BCUT2D eigenvalue weighted by atomic mass is 10.1. The summed E-state index contributed by atoms with van der Waals surface area (Å²) in [5.41, 5.74) is 7.32. The van der Waals surface area contributed by atoms with Gasteiger partial charge in [-0.15, -0.1) is 0 Å². The van der Waals surface area contributed by atoms with Crippen LogP contribution in [0, 0.1) is 0 Å². The molecule has 20 heavy (non-hydrogen) atoms. The Kier molecular flexibility index (Phi) is 5.01. The minimum absolute atomic E-state index is 0.329. The molecule has 0 bridgehead atoms. The van der Waals surface area contributed by atoms with Crippen LogP contribution in [0.25, 0.3) is 0 Å². The highest BCUT2D eigenvalue weighted by Gasteiger charge is 2.25. The van der Waals surface area contributed by atoms with Crippen LogP contribution >= 0.6 is 0 Å². The second-order valence-electron chi connectivity index (χ2n) is 5.29. The first-order valence-electron chi connectivity index (χ1n) is 7.12. The third-order valence-corrected chi connectivity index (χ3v) is 5.39. The number of nitrogens with zero attached hydrogens (tertiary/aromatic N) is 1. The van der Waals surface area contributed by atoms with E-state index in [2.05, 4.69) is 4.72 Å². The van der Waals surface area contributed by atoms with Gasteiger partial charge in [-0.25, -0.2) is 0 Å². The van der Waals surface area contributed by atoms with E-state index in [-0.39, 0.29) is 6.04 Å². The number of anilines is 1. The van der Waals surface area contributed by atoms with Gasteiger partial charge in [0.1, 0.15) is 0 Å². The Morgan fingerprint density at radius 1 is 1.15 bits per heavy atom. The Balaban J connectivity index is 2.09. The molecule has 1 unspecified atom stereocenters. The summed E-state index contributed by atoms with van der Waals surface area (Å²) in [4.78, 5) is 0. The van der Waals surface area contributed by atoms with Crippen LogP contribution in [0.1, 0.15) is 44.2 Å². The molecule has 1 aromatic rings. The summed E-state index contributed by atoms with van der Waals surface area (Å²) in [5.74, 6) is 0. The molecule has 1 aliphatic rings. The molecule has 0 saturated carbocycles. The summed E-state index contributed by atoms with van der Waals surface area (Å²) in [6, 6.07) is 7.01. The van der Waals surface area contributed by atoms with E-state index in [1.54, 1.807) is 10.4 Å². The van der Waals surface area contributed by atoms with E-state index >= 15 is 0 Å². The van der Waals surface area contributed by atoms with Gasteiger partial charge < -0.3 is 5.73 Å². The average Bonchev–Trinajstić information content (AvgIpc) is 2.68. The molecule has 0 aliphatic carbocycles. The van der Waals surface area contributed by atoms with Crippen molar-refractivity contribution in [2.75, 3.05) is 18.8 Å². The smallest absolute Gasteiger partial charge is 0.279 e. The van der Waals surface area contributed by atoms with Crippen LogP contribution in [0.3, 0.4) is 0 Å². The van der Waals surface area contributed by atoms with Gasteiger partial charge in [-0.1, -0.05) is 31.0 Å². The highest BCUT2D eigenvalue weighted by atomic mass is 32.2. The van der Waals surface area contributed by atoms with Gasteiger partial charge in [0.2, 0.25) is 0 Å². The zero-order valence-electron chi connectivity index (χ0n) is 11.9. The number of benzene rings is 1. The molecule has 1 atom stereocenters. The number of rotatable bonds is 4. The molecule has 1 heterocycles. The van der Waals surface area contributed by atoms with E-state index in [0.29, 0.717) is 18.8 Å². The van der Waals surface area contributed by atoms with Crippen molar-refractivity contribution in [1.82, 2.24) is 9.03 Å². The monoisotopic (exact) mass is 297 g/mol. The average molecular weight is 297 g/mol. The SMILES string of the molecule is CC(NS(=O)(=O)N1CCCCCC1)c1ccccc1N. The van der Waals surface area contributed by atoms with Gasteiger partial charge in [-0.2, -0.15) is 17.4 Å². The predicted octanol–water partition coefficient (Wildman–Crippen LogP) is 2.04. The lowest BCUT2D eigenvalue weighted by molar-refractivity contribution is 0.410. The highest BCUT2D eigenvalue weighted by Crippen LogP contribution is 2.21. The van der Waals surface area contributed by atoms with Crippen molar-refractivity contribution in [3.63, 3.8) is 0 Å². The van der Waals surface area contributed by atoms with Crippen molar-refractivity contribution in [2.24, 2.45) is 0 Å². The van der Waals surface area contributed by atoms with Crippen LogP contribution in [-0.4, -0.2) is 25.8 Å². The topological polar surface area (TPSA) is 75.4 Å². The molecule has 112 valence electrons. The van der Waals surface area contributed by atoms with E-state index in [0.717, 1.165) is 31.2 Å². The fourth-order valence-corrected chi connectivity index (χ4v) is 4.01. The summed E-state index contributed by atoms with van der Waals surface area (Å²) in [6.07, 6.45) is 4.08. The molecular formula is C14H23N3O2S. The Morgan fingerprint density at radius 2 is 1.75 bits per heavy atom. The number of para-hydroxylation sites is 1. The first-order valence-corrected chi connectivity index (χ1v) is 8.56. The Hall–Kier alpha value is -1.11. The van der Waals surface area contributed by atoms with Gasteiger partial charge in [-0.3, -0.25) is 0 Å². The Morgan fingerprint density at radius 3 is 2.35 bits per heavy atom. The van der Waals surface area contributed by atoms with E-state index in [9.17, 15) is 8.42 Å². The zero-order chi connectivity index (χ0) is 14.6. The van der Waals surface area contributed by atoms with Crippen LogP contribution in [0.4, 0.5) is 5.69 Å². The van der Waals surface area contributed by atoms with E-state index < -0.39 is 10.2 Å². The molecule has 1 aliphatic heterocycles. The van der Waals surface area contributed by atoms with Gasteiger partial charge in [-0.05, 0) is 31.4 Å². The van der Waals surface area contributed by atoms with Crippen molar-refractivity contribution < 1.29 is 8.42 Å². The lowest BCUT2D eigenvalue weighted by Gasteiger charge is -2.23. The van der Waals surface area contributed by atoms with Gasteiger partial charge in [0.25, 0.3) is 10.2 Å². The van der Waals surface area contributed by atoms with E-state index in [1.807, 2.05) is 25.1 Å². The highest BCUT2D eigenvalue weighted by molar-refractivity contribution is 7.87. The summed E-state index contributed by atoms with van der Waals surface area (Å²) < 4.78 is 29.1. The second kappa shape index (κ2) is 6.56. The van der Waals surface area contributed by atoms with Crippen molar-refractivity contribution >= 4 is 15.9 Å². The number of hydrogen-bond donors (Lipinski definition) is 2. The third-order valence-electron chi connectivity index (χ3n) is 3.69. The normalized spacial score (nSPS) is 19.4. The van der Waals surface area contributed by atoms with Crippen LogP contribution in [0.5, 0.6) is 0 Å². The van der Waals surface area contributed by atoms with E-state index in [4.69, 9.17) is 5.73 Å². The van der Waals surface area contributed by atoms with Crippen LogP contribution in [0.15, 0.2) is 24.3 Å². The number of nitrogen functional groups attached to an aromatic ring is 1. The van der Waals surface area contributed by atoms with Gasteiger partial charge >= 0.3 is 0 Å². The molecular weight excluding hydrogens is 274 g/mol. The first kappa shape index (κ1) is 15.3. The molecule has 3 N–H and O–H groups in total.